The van der Waals surface area contributed by atoms with Crippen LogP contribution in [0.1, 0.15) is 10.4 Å². The minimum Gasteiger partial charge on any atom is -0.345 e. The van der Waals surface area contributed by atoms with E-state index in [1.54, 1.807) is 36.3 Å². The Balaban J connectivity index is 1.95. The van der Waals surface area contributed by atoms with Gasteiger partial charge in [0.1, 0.15) is 5.37 Å². The van der Waals surface area contributed by atoms with E-state index in [2.05, 4.69) is 9.97 Å². The molecule has 6 nitrogen and oxygen atoms in total. The Hall–Kier alpha value is -1.54. The smallest absolute Gasteiger partial charge is 0.255 e. The van der Waals surface area contributed by atoms with Crippen LogP contribution in [0.3, 0.4) is 0 Å². The summed E-state index contributed by atoms with van der Waals surface area (Å²) < 4.78 is 23.8. The number of hydrogen-bond acceptors (Lipinski definition) is 5. The highest BCUT2D eigenvalue weighted by molar-refractivity contribution is 8.00. The molecule has 1 aromatic carbocycles. The largest absolute Gasteiger partial charge is 0.345 e. The number of H-pyrrole nitrogens is 1. The van der Waals surface area contributed by atoms with Crippen molar-refractivity contribution in [1.29, 1.82) is 0 Å². The number of carbonyl (C=O) groups excluding carboxylic acids is 1. The molecule has 1 aliphatic rings. The van der Waals surface area contributed by atoms with Crippen LogP contribution in [0.15, 0.2) is 24.5 Å². The maximum absolute atomic E-state index is 12.6. The van der Waals surface area contributed by atoms with E-state index in [1.165, 1.54) is 11.2 Å². The molecule has 112 valence electrons. The molecule has 21 heavy (non-hydrogen) atoms. The third kappa shape index (κ3) is 2.77. The van der Waals surface area contributed by atoms with Gasteiger partial charge in [-0.15, -0.1) is 0 Å². The summed E-state index contributed by atoms with van der Waals surface area (Å²) in [5.74, 6) is 0.934. The Kier molecular flexibility index (Phi) is 3.66. The number of carbonyl (C=O) groups is 1. The van der Waals surface area contributed by atoms with Crippen LogP contribution >= 0.6 is 11.8 Å². The molecule has 1 aliphatic heterocycles. The minimum atomic E-state index is -3.30. The Morgan fingerprint density at radius 3 is 3.05 bits per heavy atom. The first-order valence-electron chi connectivity index (χ1n) is 6.47. The summed E-state index contributed by atoms with van der Waals surface area (Å²) in [6.07, 6.45) is 2.75. The Morgan fingerprint density at radius 1 is 1.48 bits per heavy atom. The van der Waals surface area contributed by atoms with E-state index >= 15 is 0 Å². The minimum absolute atomic E-state index is 0.248. The quantitative estimate of drug-likeness (QED) is 0.895. The summed E-state index contributed by atoms with van der Waals surface area (Å²) >= 11 is 1.56. The molecular formula is C13H15N3O3S2. The van der Waals surface area contributed by atoms with Gasteiger partial charge >= 0.3 is 0 Å². The summed E-state index contributed by atoms with van der Waals surface area (Å²) in [5.41, 5.74) is 2.02. The number of thioether (sulfide) groups is 1. The first kappa shape index (κ1) is 14.4. The second-order valence-corrected chi connectivity index (χ2v) is 8.35. The van der Waals surface area contributed by atoms with Crippen LogP contribution in [-0.4, -0.2) is 58.9 Å². The highest BCUT2D eigenvalue weighted by Crippen LogP contribution is 2.23. The molecule has 3 rings (SSSR count). The van der Waals surface area contributed by atoms with E-state index in [1.807, 2.05) is 0 Å². The van der Waals surface area contributed by atoms with Crippen molar-refractivity contribution in [3.05, 3.63) is 30.1 Å². The van der Waals surface area contributed by atoms with Crippen molar-refractivity contribution < 1.29 is 13.2 Å². The van der Waals surface area contributed by atoms with Crippen molar-refractivity contribution in [2.45, 2.75) is 5.37 Å². The SMILES string of the molecule is CS(=O)(=O)C1CSCCN1C(=O)c1ccc2nc[nH]c2c1. The van der Waals surface area contributed by atoms with Gasteiger partial charge in [-0.1, -0.05) is 0 Å². The lowest BCUT2D eigenvalue weighted by Gasteiger charge is -2.34. The maximum Gasteiger partial charge on any atom is 0.255 e. The molecule has 8 heteroatoms. The molecule has 1 amide bonds. The summed E-state index contributed by atoms with van der Waals surface area (Å²) in [4.78, 5) is 21.2. The van der Waals surface area contributed by atoms with Crippen LogP contribution in [-0.2, 0) is 9.84 Å². The topological polar surface area (TPSA) is 83.1 Å². The third-order valence-corrected chi connectivity index (χ3v) is 6.15. The molecule has 2 aromatic rings. The maximum atomic E-state index is 12.6. The van der Waals surface area contributed by atoms with E-state index in [-0.39, 0.29) is 5.91 Å². The van der Waals surface area contributed by atoms with Crippen LogP contribution in [0.5, 0.6) is 0 Å². The van der Waals surface area contributed by atoms with Crippen LogP contribution in [0.2, 0.25) is 0 Å². The van der Waals surface area contributed by atoms with E-state index in [9.17, 15) is 13.2 Å². The van der Waals surface area contributed by atoms with Crippen molar-refractivity contribution in [3.8, 4) is 0 Å². The van der Waals surface area contributed by atoms with Crippen molar-refractivity contribution in [1.82, 2.24) is 14.9 Å². The second kappa shape index (κ2) is 5.34. The number of nitrogens with zero attached hydrogens (tertiary/aromatic N) is 2. The van der Waals surface area contributed by atoms with E-state index in [4.69, 9.17) is 0 Å². The number of amides is 1. The van der Waals surface area contributed by atoms with Gasteiger partial charge in [0, 0.05) is 29.9 Å². The number of nitrogens with one attached hydrogen (secondary N) is 1. The molecule has 0 spiro atoms. The van der Waals surface area contributed by atoms with Gasteiger partial charge in [0.2, 0.25) is 0 Å². The standard InChI is InChI=1S/C13H15N3O3S2/c1-21(18,19)12-7-20-5-4-16(12)13(17)9-2-3-10-11(6-9)15-8-14-10/h2-3,6,8,12H,4-5,7H2,1H3,(H,14,15). The number of fused-ring (bicyclic) bond motifs is 1. The van der Waals surface area contributed by atoms with Crippen LogP contribution < -0.4 is 0 Å². The van der Waals surface area contributed by atoms with Crippen molar-refractivity contribution in [2.75, 3.05) is 24.3 Å². The highest BCUT2D eigenvalue weighted by atomic mass is 32.2. The van der Waals surface area contributed by atoms with E-state index in [0.717, 1.165) is 16.8 Å². The van der Waals surface area contributed by atoms with Gasteiger partial charge in [-0.2, -0.15) is 11.8 Å². The molecular weight excluding hydrogens is 310 g/mol. The lowest BCUT2D eigenvalue weighted by atomic mass is 10.1. The predicted octanol–water partition coefficient (Wildman–Crippen LogP) is 1.12. The third-order valence-electron chi connectivity index (χ3n) is 3.51. The fourth-order valence-electron chi connectivity index (χ4n) is 2.40. The Labute approximate surface area is 126 Å². The lowest BCUT2D eigenvalue weighted by Crippen LogP contribution is -2.49. The molecule has 1 N–H and O–H groups in total. The Morgan fingerprint density at radius 2 is 2.29 bits per heavy atom. The molecule has 1 saturated heterocycles. The summed E-state index contributed by atoms with van der Waals surface area (Å²) in [5, 5.41) is -0.749. The zero-order valence-electron chi connectivity index (χ0n) is 11.4. The number of imidazole rings is 1. The van der Waals surface area contributed by atoms with Crippen molar-refractivity contribution in [2.24, 2.45) is 0 Å². The summed E-state index contributed by atoms with van der Waals surface area (Å²) in [6, 6.07) is 5.16. The average Bonchev–Trinajstić information content (AvgIpc) is 2.93. The van der Waals surface area contributed by atoms with Crippen LogP contribution in [0, 0.1) is 0 Å². The van der Waals surface area contributed by atoms with Gasteiger partial charge < -0.3 is 9.88 Å². The van der Waals surface area contributed by atoms with Gasteiger partial charge in [0.25, 0.3) is 5.91 Å². The normalized spacial score (nSPS) is 19.9. The monoisotopic (exact) mass is 325 g/mol. The number of aromatic amines is 1. The molecule has 1 atom stereocenters. The van der Waals surface area contributed by atoms with Crippen LogP contribution in [0.4, 0.5) is 0 Å². The molecule has 1 aromatic heterocycles. The van der Waals surface area contributed by atoms with Gasteiger partial charge in [0.15, 0.2) is 9.84 Å². The van der Waals surface area contributed by atoms with Gasteiger partial charge in [-0.05, 0) is 18.2 Å². The lowest BCUT2D eigenvalue weighted by molar-refractivity contribution is 0.0750. The van der Waals surface area contributed by atoms with Crippen molar-refractivity contribution in [3.63, 3.8) is 0 Å². The van der Waals surface area contributed by atoms with Gasteiger partial charge in [-0.3, -0.25) is 4.79 Å². The number of benzene rings is 1. The summed E-state index contributed by atoms with van der Waals surface area (Å²) in [6.45, 7) is 0.447. The molecule has 0 saturated carbocycles. The molecule has 1 unspecified atom stereocenters. The zero-order chi connectivity index (χ0) is 15.0. The fourth-order valence-corrected chi connectivity index (χ4v) is 5.22. The zero-order valence-corrected chi connectivity index (χ0v) is 13.1. The van der Waals surface area contributed by atoms with Crippen molar-refractivity contribution >= 4 is 38.5 Å². The molecule has 0 radical (unpaired) electrons. The number of aromatic nitrogens is 2. The summed E-state index contributed by atoms with van der Waals surface area (Å²) in [7, 11) is -3.30. The number of sulfone groups is 1. The Bertz CT molecular complexity index is 785. The predicted molar refractivity (Wildman–Crippen MR) is 83.1 cm³/mol. The fraction of sp³-hybridized carbons (Fsp3) is 0.385. The number of rotatable bonds is 2. The second-order valence-electron chi connectivity index (χ2n) is 4.99. The highest BCUT2D eigenvalue weighted by Gasteiger charge is 2.34. The first-order chi connectivity index (χ1) is 9.97. The first-order valence-corrected chi connectivity index (χ1v) is 9.58. The van der Waals surface area contributed by atoms with Gasteiger partial charge in [0.05, 0.1) is 17.4 Å². The average molecular weight is 325 g/mol. The molecule has 0 aliphatic carbocycles. The molecule has 2 heterocycles. The van der Waals surface area contributed by atoms with Crippen LogP contribution in [0.25, 0.3) is 11.0 Å². The van der Waals surface area contributed by atoms with E-state index < -0.39 is 15.2 Å². The molecule has 0 bridgehead atoms. The molecule has 1 fully saturated rings. The van der Waals surface area contributed by atoms with E-state index in [0.29, 0.717) is 17.9 Å². The number of hydrogen-bond donors (Lipinski definition) is 1. The van der Waals surface area contributed by atoms with Gasteiger partial charge in [-0.25, -0.2) is 13.4 Å².